The maximum atomic E-state index is 10.8. The van der Waals surface area contributed by atoms with Crippen LogP contribution in [0.3, 0.4) is 0 Å². The summed E-state index contributed by atoms with van der Waals surface area (Å²) in [6.07, 6.45) is 5.02. The van der Waals surface area contributed by atoms with Crippen molar-refractivity contribution in [1.29, 1.82) is 0 Å². The Bertz CT molecular complexity index is 427. The van der Waals surface area contributed by atoms with E-state index in [-0.39, 0.29) is 0 Å². The molecular formula is C13H16BrNO2. The fraction of sp³-hybridized carbons (Fsp3) is 0.462. The van der Waals surface area contributed by atoms with E-state index in [1.807, 2.05) is 18.2 Å². The van der Waals surface area contributed by atoms with Gasteiger partial charge in [-0.2, -0.15) is 0 Å². The molecule has 1 aromatic rings. The van der Waals surface area contributed by atoms with Crippen molar-refractivity contribution >= 4 is 21.9 Å². The van der Waals surface area contributed by atoms with Crippen molar-refractivity contribution in [3.63, 3.8) is 0 Å². The van der Waals surface area contributed by atoms with E-state index in [2.05, 4.69) is 15.9 Å². The average Bonchev–Trinajstić information content (AvgIpc) is 2.81. The predicted molar refractivity (Wildman–Crippen MR) is 69.9 cm³/mol. The molecule has 1 aliphatic carbocycles. The number of halogens is 1. The van der Waals surface area contributed by atoms with Crippen LogP contribution in [-0.4, -0.2) is 11.1 Å². The second kappa shape index (κ2) is 5.19. The summed E-state index contributed by atoms with van der Waals surface area (Å²) in [4.78, 5) is 10.8. The number of benzene rings is 1. The number of rotatable bonds is 3. The van der Waals surface area contributed by atoms with Gasteiger partial charge in [-0.05, 0) is 36.0 Å². The summed E-state index contributed by atoms with van der Waals surface area (Å²) in [5, 5.41) is 8.87. The van der Waals surface area contributed by atoms with E-state index in [1.165, 1.54) is 31.2 Å². The first-order valence-electron chi connectivity index (χ1n) is 5.87. The fourth-order valence-electron chi connectivity index (χ4n) is 2.45. The van der Waals surface area contributed by atoms with E-state index in [1.54, 1.807) is 0 Å². The highest BCUT2D eigenvalue weighted by Crippen LogP contribution is 2.38. The second-order valence-electron chi connectivity index (χ2n) is 4.58. The van der Waals surface area contributed by atoms with Crippen molar-refractivity contribution in [3.8, 4) is 0 Å². The lowest BCUT2D eigenvalue weighted by Gasteiger charge is -2.14. The molecule has 0 bridgehead atoms. The lowest BCUT2D eigenvalue weighted by molar-refractivity contribution is -0.138. The molecule has 92 valence electrons. The van der Waals surface area contributed by atoms with Gasteiger partial charge in [0.25, 0.3) is 0 Å². The maximum absolute atomic E-state index is 10.8. The summed E-state index contributed by atoms with van der Waals surface area (Å²) in [5.74, 6) is -0.384. The molecule has 0 radical (unpaired) electrons. The van der Waals surface area contributed by atoms with Gasteiger partial charge in [-0.15, -0.1) is 0 Å². The number of hydrogen-bond acceptors (Lipinski definition) is 2. The number of carbonyl (C=O) groups is 1. The zero-order chi connectivity index (χ0) is 12.4. The maximum Gasteiger partial charge on any atom is 0.325 e. The monoisotopic (exact) mass is 297 g/mol. The van der Waals surface area contributed by atoms with Crippen molar-refractivity contribution in [1.82, 2.24) is 0 Å². The summed E-state index contributed by atoms with van der Waals surface area (Å²) in [6, 6.07) is 4.74. The average molecular weight is 298 g/mol. The third-order valence-electron chi connectivity index (χ3n) is 3.44. The van der Waals surface area contributed by atoms with Crippen LogP contribution in [0.15, 0.2) is 22.7 Å². The van der Waals surface area contributed by atoms with Crippen molar-refractivity contribution in [2.24, 2.45) is 5.73 Å². The van der Waals surface area contributed by atoms with Crippen molar-refractivity contribution in [2.75, 3.05) is 0 Å². The Morgan fingerprint density at radius 2 is 2.06 bits per heavy atom. The molecule has 0 spiro atoms. The highest BCUT2D eigenvalue weighted by atomic mass is 79.9. The minimum Gasteiger partial charge on any atom is -0.480 e. The Kier molecular flexibility index (Phi) is 3.84. The minimum absolute atomic E-state index is 0.611. The Balaban J connectivity index is 2.25. The van der Waals surface area contributed by atoms with Crippen LogP contribution in [0.25, 0.3) is 0 Å². The number of carboxylic acids is 1. The summed E-state index contributed by atoms with van der Waals surface area (Å²) < 4.78 is 0.985. The first-order chi connectivity index (χ1) is 8.09. The van der Waals surface area contributed by atoms with Crippen LogP contribution >= 0.6 is 15.9 Å². The van der Waals surface area contributed by atoms with Gasteiger partial charge in [0.1, 0.15) is 6.04 Å². The summed E-state index contributed by atoms with van der Waals surface area (Å²) in [6.45, 7) is 0. The van der Waals surface area contributed by atoms with E-state index < -0.39 is 12.0 Å². The second-order valence-corrected chi connectivity index (χ2v) is 5.43. The Morgan fingerprint density at radius 1 is 1.41 bits per heavy atom. The zero-order valence-corrected chi connectivity index (χ0v) is 11.1. The molecule has 2 rings (SSSR count). The molecule has 0 amide bonds. The number of hydrogen-bond donors (Lipinski definition) is 2. The summed E-state index contributed by atoms with van der Waals surface area (Å²) in [7, 11) is 0. The molecule has 3 N–H and O–H groups in total. The van der Waals surface area contributed by atoms with Crippen LogP contribution in [-0.2, 0) is 4.79 Å². The molecule has 0 aliphatic heterocycles. The van der Waals surface area contributed by atoms with Crippen molar-refractivity contribution in [3.05, 3.63) is 33.8 Å². The predicted octanol–water partition coefficient (Wildman–Crippen LogP) is 3.19. The SMILES string of the molecule is NC(C(=O)O)c1ccc(C2CCCC2)c(Br)c1. The molecule has 1 atom stereocenters. The number of carboxylic acid groups (broad SMARTS) is 1. The van der Waals surface area contributed by atoms with Gasteiger partial charge in [0.15, 0.2) is 0 Å². The number of nitrogens with two attached hydrogens (primary N) is 1. The summed E-state index contributed by atoms with van der Waals surface area (Å²) in [5.41, 5.74) is 7.52. The van der Waals surface area contributed by atoms with Gasteiger partial charge >= 0.3 is 5.97 Å². The molecule has 17 heavy (non-hydrogen) atoms. The molecule has 0 heterocycles. The molecule has 1 aliphatic rings. The smallest absolute Gasteiger partial charge is 0.325 e. The van der Waals surface area contributed by atoms with Gasteiger partial charge < -0.3 is 10.8 Å². The molecule has 0 saturated heterocycles. The van der Waals surface area contributed by atoms with E-state index >= 15 is 0 Å². The third kappa shape index (κ3) is 2.69. The van der Waals surface area contributed by atoms with E-state index in [0.29, 0.717) is 11.5 Å². The van der Waals surface area contributed by atoms with Crippen LogP contribution in [0, 0.1) is 0 Å². The van der Waals surface area contributed by atoms with Crippen LogP contribution in [0.1, 0.15) is 48.8 Å². The lowest BCUT2D eigenvalue weighted by atomic mass is 9.95. The Labute approximate surface area is 109 Å². The van der Waals surface area contributed by atoms with Crippen LogP contribution < -0.4 is 5.73 Å². The van der Waals surface area contributed by atoms with Crippen LogP contribution in [0.5, 0.6) is 0 Å². The molecule has 1 unspecified atom stereocenters. The largest absolute Gasteiger partial charge is 0.480 e. The Hall–Kier alpha value is -0.870. The Morgan fingerprint density at radius 3 is 2.59 bits per heavy atom. The first-order valence-corrected chi connectivity index (χ1v) is 6.66. The molecule has 4 heteroatoms. The molecule has 0 aromatic heterocycles. The van der Waals surface area contributed by atoms with Crippen LogP contribution in [0.2, 0.25) is 0 Å². The van der Waals surface area contributed by atoms with Gasteiger partial charge in [-0.1, -0.05) is 40.9 Å². The van der Waals surface area contributed by atoms with Gasteiger partial charge in [0.2, 0.25) is 0 Å². The first kappa shape index (κ1) is 12.6. The zero-order valence-electron chi connectivity index (χ0n) is 9.53. The quantitative estimate of drug-likeness (QED) is 0.900. The standard InChI is InChI=1S/C13H16BrNO2/c14-11-7-9(12(15)13(16)17)5-6-10(11)8-3-1-2-4-8/h5-8,12H,1-4,15H2,(H,16,17). The van der Waals surface area contributed by atoms with Crippen molar-refractivity contribution in [2.45, 2.75) is 37.6 Å². The highest BCUT2D eigenvalue weighted by molar-refractivity contribution is 9.10. The molecule has 1 aromatic carbocycles. The topological polar surface area (TPSA) is 63.3 Å². The van der Waals surface area contributed by atoms with E-state index in [9.17, 15) is 4.79 Å². The van der Waals surface area contributed by atoms with Gasteiger partial charge in [0, 0.05) is 4.47 Å². The van der Waals surface area contributed by atoms with Crippen molar-refractivity contribution < 1.29 is 9.90 Å². The minimum atomic E-state index is -0.995. The summed E-state index contributed by atoms with van der Waals surface area (Å²) >= 11 is 3.53. The van der Waals surface area contributed by atoms with Gasteiger partial charge in [-0.25, -0.2) is 0 Å². The van der Waals surface area contributed by atoms with E-state index in [4.69, 9.17) is 10.8 Å². The molecular weight excluding hydrogens is 282 g/mol. The van der Waals surface area contributed by atoms with E-state index in [0.717, 1.165) is 4.47 Å². The fourth-order valence-corrected chi connectivity index (χ4v) is 3.17. The lowest BCUT2D eigenvalue weighted by Crippen LogP contribution is -2.20. The molecule has 1 fully saturated rings. The number of aliphatic carboxylic acids is 1. The van der Waals surface area contributed by atoms with Gasteiger partial charge in [-0.3, -0.25) is 4.79 Å². The molecule has 3 nitrogen and oxygen atoms in total. The molecule has 1 saturated carbocycles. The highest BCUT2D eigenvalue weighted by Gasteiger charge is 2.21. The van der Waals surface area contributed by atoms with Gasteiger partial charge in [0.05, 0.1) is 0 Å². The van der Waals surface area contributed by atoms with Crippen LogP contribution in [0.4, 0.5) is 0 Å². The third-order valence-corrected chi connectivity index (χ3v) is 4.13. The normalized spacial score (nSPS) is 18.2.